The van der Waals surface area contributed by atoms with E-state index < -0.39 is 0 Å². The highest BCUT2D eigenvalue weighted by Crippen LogP contribution is 2.23. The van der Waals surface area contributed by atoms with Gasteiger partial charge >= 0.3 is 0 Å². The van der Waals surface area contributed by atoms with Gasteiger partial charge in [-0.2, -0.15) is 0 Å². The summed E-state index contributed by atoms with van der Waals surface area (Å²) in [5, 5.41) is 0. The predicted molar refractivity (Wildman–Crippen MR) is 48.5 cm³/mol. The van der Waals surface area contributed by atoms with Crippen molar-refractivity contribution in [1.82, 2.24) is 0 Å². The van der Waals surface area contributed by atoms with Crippen LogP contribution in [0.5, 0.6) is 0 Å². The largest absolute Gasteiger partial charge is 0.288 e. The Morgan fingerprint density at radius 2 is 2.27 bits per heavy atom. The van der Waals surface area contributed by atoms with Crippen molar-refractivity contribution in [3.63, 3.8) is 0 Å². The lowest BCUT2D eigenvalue weighted by molar-refractivity contribution is 0.103. The number of halogens is 1. The third kappa shape index (κ3) is 1.91. The molecule has 0 aliphatic heterocycles. The van der Waals surface area contributed by atoms with E-state index in [1.54, 1.807) is 19.1 Å². The standard InChI is InChI=1S/C8H7ClOS/c1-5(2)8(10)6-3-4-7(9)11-6/h3-4H,1H2,2H3. The lowest BCUT2D eigenvalue weighted by Crippen LogP contribution is -1.94. The molecule has 0 unspecified atom stereocenters. The van der Waals surface area contributed by atoms with Crippen LogP contribution in [0.2, 0.25) is 4.34 Å². The van der Waals surface area contributed by atoms with Crippen LogP contribution in [0.3, 0.4) is 0 Å². The Hall–Kier alpha value is -0.600. The molecule has 0 aliphatic carbocycles. The molecule has 0 saturated heterocycles. The molecule has 3 heteroatoms. The van der Waals surface area contributed by atoms with Crippen molar-refractivity contribution < 1.29 is 4.79 Å². The number of allylic oxidation sites excluding steroid dienone is 1. The van der Waals surface area contributed by atoms with Crippen LogP contribution >= 0.6 is 22.9 Å². The molecule has 1 rings (SSSR count). The number of carbonyl (C=O) groups excluding carboxylic acids is 1. The average Bonchev–Trinajstić information content (AvgIpc) is 2.34. The summed E-state index contributed by atoms with van der Waals surface area (Å²) >= 11 is 6.93. The Bertz CT molecular complexity index is 301. The maximum Gasteiger partial charge on any atom is 0.198 e. The number of hydrogen-bond acceptors (Lipinski definition) is 2. The van der Waals surface area contributed by atoms with Gasteiger partial charge in [0.05, 0.1) is 9.21 Å². The quantitative estimate of drug-likeness (QED) is 0.512. The highest BCUT2D eigenvalue weighted by atomic mass is 35.5. The Labute approximate surface area is 74.3 Å². The summed E-state index contributed by atoms with van der Waals surface area (Å²) in [6.45, 7) is 5.25. The SMILES string of the molecule is C=C(C)C(=O)c1ccc(Cl)s1. The molecule has 0 atom stereocenters. The smallest absolute Gasteiger partial charge is 0.198 e. The fraction of sp³-hybridized carbons (Fsp3) is 0.125. The van der Waals surface area contributed by atoms with Gasteiger partial charge in [0.25, 0.3) is 0 Å². The molecule has 1 heterocycles. The van der Waals surface area contributed by atoms with Crippen LogP contribution in [0.25, 0.3) is 0 Å². The molecular formula is C8H7ClOS. The fourth-order valence-corrected chi connectivity index (χ4v) is 1.71. The molecule has 0 aromatic carbocycles. The lowest BCUT2D eigenvalue weighted by atomic mass is 10.2. The first-order valence-electron chi connectivity index (χ1n) is 3.07. The van der Waals surface area contributed by atoms with E-state index >= 15 is 0 Å². The summed E-state index contributed by atoms with van der Waals surface area (Å²) in [7, 11) is 0. The molecule has 0 aliphatic rings. The first-order valence-corrected chi connectivity index (χ1v) is 4.26. The van der Waals surface area contributed by atoms with E-state index in [0.29, 0.717) is 14.8 Å². The molecular weight excluding hydrogens is 180 g/mol. The molecule has 1 aromatic rings. The summed E-state index contributed by atoms with van der Waals surface area (Å²) in [5.74, 6) is -0.0260. The minimum Gasteiger partial charge on any atom is -0.288 e. The summed E-state index contributed by atoms with van der Waals surface area (Å²) in [6, 6.07) is 3.42. The minimum atomic E-state index is -0.0260. The van der Waals surface area contributed by atoms with Gasteiger partial charge in [-0.1, -0.05) is 18.2 Å². The molecule has 0 fully saturated rings. The molecule has 0 bridgehead atoms. The Morgan fingerprint density at radius 3 is 2.64 bits per heavy atom. The van der Waals surface area contributed by atoms with Crippen molar-refractivity contribution in [3.8, 4) is 0 Å². The molecule has 0 amide bonds. The summed E-state index contributed by atoms with van der Waals surface area (Å²) in [5.41, 5.74) is 0.545. The second-order valence-electron chi connectivity index (χ2n) is 2.21. The molecule has 1 nitrogen and oxygen atoms in total. The third-order valence-electron chi connectivity index (χ3n) is 1.18. The third-order valence-corrected chi connectivity index (χ3v) is 2.41. The van der Waals surface area contributed by atoms with Crippen LogP contribution in [0.4, 0.5) is 0 Å². The highest BCUT2D eigenvalue weighted by molar-refractivity contribution is 7.18. The van der Waals surface area contributed by atoms with Crippen molar-refractivity contribution >= 4 is 28.7 Å². The van der Waals surface area contributed by atoms with Gasteiger partial charge in [0, 0.05) is 0 Å². The van der Waals surface area contributed by atoms with Gasteiger partial charge in [-0.25, -0.2) is 0 Å². The van der Waals surface area contributed by atoms with Crippen LogP contribution in [0.1, 0.15) is 16.6 Å². The molecule has 1 aromatic heterocycles. The van der Waals surface area contributed by atoms with E-state index in [9.17, 15) is 4.79 Å². The van der Waals surface area contributed by atoms with Gasteiger partial charge in [0.15, 0.2) is 5.78 Å². The topological polar surface area (TPSA) is 17.1 Å². The van der Waals surface area contributed by atoms with E-state index in [1.165, 1.54) is 11.3 Å². The molecule has 0 N–H and O–H groups in total. The van der Waals surface area contributed by atoms with Gasteiger partial charge in [-0.05, 0) is 24.6 Å². The van der Waals surface area contributed by atoms with Crippen LogP contribution in [0, 0.1) is 0 Å². The highest BCUT2D eigenvalue weighted by Gasteiger charge is 2.08. The van der Waals surface area contributed by atoms with Crippen LogP contribution in [-0.4, -0.2) is 5.78 Å². The fourth-order valence-electron chi connectivity index (χ4n) is 0.647. The van der Waals surface area contributed by atoms with Crippen molar-refractivity contribution in [2.75, 3.05) is 0 Å². The number of hydrogen-bond donors (Lipinski definition) is 0. The summed E-state index contributed by atoms with van der Waals surface area (Å²) in [4.78, 5) is 11.9. The maximum atomic E-state index is 11.2. The van der Waals surface area contributed by atoms with E-state index in [0.717, 1.165) is 0 Å². The second kappa shape index (κ2) is 3.20. The van der Waals surface area contributed by atoms with Crippen molar-refractivity contribution in [1.29, 1.82) is 0 Å². The van der Waals surface area contributed by atoms with Crippen molar-refractivity contribution in [3.05, 3.63) is 33.5 Å². The predicted octanol–water partition coefficient (Wildman–Crippen LogP) is 3.16. The normalized spacial score (nSPS) is 9.64. The number of carbonyl (C=O) groups is 1. The molecule has 58 valence electrons. The molecule has 0 radical (unpaired) electrons. The minimum absolute atomic E-state index is 0.0260. The zero-order chi connectivity index (χ0) is 8.43. The van der Waals surface area contributed by atoms with E-state index in [2.05, 4.69) is 6.58 Å². The van der Waals surface area contributed by atoms with Crippen molar-refractivity contribution in [2.24, 2.45) is 0 Å². The number of rotatable bonds is 2. The molecule has 0 spiro atoms. The molecule has 11 heavy (non-hydrogen) atoms. The van der Waals surface area contributed by atoms with Gasteiger partial charge in [-0.3, -0.25) is 4.79 Å². The monoisotopic (exact) mass is 186 g/mol. The zero-order valence-electron chi connectivity index (χ0n) is 6.06. The van der Waals surface area contributed by atoms with Gasteiger partial charge in [0.1, 0.15) is 0 Å². The first-order chi connectivity index (χ1) is 5.11. The average molecular weight is 187 g/mol. The zero-order valence-corrected chi connectivity index (χ0v) is 7.63. The van der Waals surface area contributed by atoms with E-state index in [1.807, 2.05) is 0 Å². The van der Waals surface area contributed by atoms with Gasteiger partial charge in [0.2, 0.25) is 0 Å². The molecule has 0 saturated carbocycles. The second-order valence-corrected chi connectivity index (χ2v) is 3.93. The Kier molecular flexibility index (Phi) is 2.47. The Morgan fingerprint density at radius 1 is 1.64 bits per heavy atom. The number of ketones is 1. The van der Waals surface area contributed by atoms with E-state index in [4.69, 9.17) is 11.6 Å². The van der Waals surface area contributed by atoms with Gasteiger partial charge in [-0.15, -0.1) is 11.3 Å². The summed E-state index contributed by atoms with van der Waals surface area (Å²) in [6.07, 6.45) is 0. The first kappa shape index (κ1) is 8.50. The summed E-state index contributed by atoms with van der Waals surface area (Å²) < 4.78 is 0.634. The van der Waals surface area contributed by atoms with Crippen LogP contribution in [0.15, 0.2) is 24.3 Å². The number of Topliss-reactive ketones (excluding diaryl/α,β-unsaturated/α-hetero) is 1. The maximum absolute atomic E-state index is 11.2. The van der Waals surface area contributed by atoms with E-state index in [-0.39, 0.29) is 5.78 Å². The van der Waals surface area contributed by atoms with Crippen molar-refractivity contribution in [2.45, 2.75) is 6.92 Å². The lowest BCUT2D eigenvalue weighted by Gasteiger charge is -1.91. The number of thiophene rings is 1. The van der Waals surface area contributed by atoms with Crippen LogP contribution in [-0.2, 0) is 0 Å². The van der Waals surface area contributed by atoms with Crippen LogP contribution < -0.4 is 0 Å². The van der Waals surface area contributed by atoms with Gasteiger partial charge < -0.3 is 0 Å². The Balaban J connectivity index is 2.94.